The molecule has 0 saturated carbocycles. The number of hydrogen-bond acceptors (Lipinski definition) is 4. The molecule has 0 heterocycles. The zero-order valence-electron chi connectivity index (χ0n) is 12.8. The van der Waals surface area contributed by atoms with Gasteiger partial charge >= 0.3 is 5.69 Å². The number of rotatable bonds is 6. The Bertz CT molecular complexity index is 510. The van der Waals surface area contributed by atoms with Gasteiger partial charge in [0.05, 0.1) is 4.92 Å². The number of nitro benzene ring substituents is 1. The van der Waals surface area contributed by atoms with Gasteiger partial charge in [0, 0.05) is 11.6 Å². The van der Waals surface area contributed by atoms with Crippen LogP contribution in [-0.2, 0) is 12.8 Å². The standard InChI is InChI=1S/C16H24N2O3/c1-3-9-17(10-4-2)13-6-7-14-12(11-13)5-8-15(19)16(14)18(20)21/h5,8,13,19H,3-4,6-7,9-11H2,1-2H3. The van der Waals surface area contributed by atoms with Crippen LogP contribution < -0.4 is 0 Å². The lowest BCUT2D eigenvalue weighted by Gasteiger charge is -2.34. The highest BCUT2D eigenvalue weighted by Gasteiger charge is 2.30. The minimum atomic E-state index is -0.454. The molecule has 2 rings (SSSR count). The van der Waals surface area contributed by atoms with Crippen LogP contribution in [0.15, 0.2) is 12.1 Å². The molecule has 0 aromatic heterocycles. The first-order valence-corrected chi connectivity index (χ1v) is 7.80. The topological polar surface area (TPSA) is 66.6 Å². The highest BCUT2D eigenvalue weighted by molar-refractivity contribution is 5.56. The van der Waals surface area contributed by atoms with E-state index >= 15 is 0 Å². The molecule has 0 fully saturated rings. The second kappa shape index (κ2) is 6.89. The Morgan fingerprint density at radius 2 is 2.00 bits per heavy atom. The van der Waals surface area contributed by atoms with Crippen LogP contribution in [0.5, 0.6) is 5.75 Å². The van der Waals surface area contributed by atoms with E-state index < -0.39 is 4.92 Å². The molecule has 1 aliphatic rings. The summed E-state index contributed by atoms with van der Waals surface area (Å²) < 4.78 is 0. The third-order valence-corrected chi connectivity index (χ3v) is 4.26. The van der Waals surface area contributed by atoms with Crippen molar-refractivity contribution in [3.63, 3.8) is 0 Å². The van der Waals surface area contributed by atoms with Gasteiger partial charge in [0.25, 0.3) is 0 Å². The van der Waals surface area contributed by atoms with E-state index in [2.05, 4.69) is 18.7 Å². The number of nitrogens with zero attached hydrogens (tertiary/aromatic N) is 2. The molecule has 5 heteroatoms. The molecule has 0 amide bonds. The van der Waals surface area contributed by atoms with E-state index in [0.717, 1.165) is 49.9 Å². The van der Waals surface area contributed by atoms with Gasteiger partial charge in [-0.3, -0.25) is 10.1 Å². The third kappa shape index (κ3) is 3.35. The lowest BCUT2D eigenvalue weighted by atomic mass is 9.86. The second-order valence-corrected chi connectivity index (χ2v) is 5.76. The van der Waals surface area contributed by atoms with Crippen LogP contribution in [0.4, 0.5) is 5.69 Å². The maximum Gasteiger partial charge on any atom is 0.314 e. The molecule has 5 nitrogen and oxygen atoms in total. The lowest BCUT2D eigenvalue weighted by molar-refractivity contribution is -0.386. The molecule has 0 spiro atoms. The van der Waals surface area contributed by atoms with Crippen molar-refractivity contribution in [3.8, 4) is 5.75 Å². The predicted octanol–water partition coefficient (Wildman–Crippen LogP) is 3.28. The molecular weight excluding hydrogens is 268 g/mol. The maximum absolute atomic E-state index is 11.1. The third-order valence-electron chi connectivity index (χ3n) is 4.26. The van der Waals surface area contributed by atoms with E-state index in [0.29, 0.717) is 12.5 Å². The summed E-state index contributed by atoms with van der Waals surface area (Å²) in [6.45, 7) is 6.52. The van der Waals surface area contributed by atoms with Gasteiger partial charge in [-0.2, -0.15) is 0 Å². The average Bonchev–Trinajstić information content (AvgIpc) is 2.46. The van der Waals surface area contributed by atoms with Crippen molar-refractivity contribution in [2.45, 2.75) is 52.0 Å². The molecule has 0 radical (unpaired) electrons. The van der Waals surface area contributed by atoms with Crippen LogP contribution in [0.25, 0.3) is 0 Å². The molecule has 0 bridgehead atoms. The molecule has 1 unspecified atom stereocenters. The molecule has 0 aliphatic heterocycles. The molecule has 116 valence electrons. The quantitative estimate of drug-likeness (QED) is 0.645. The molecule has 1 aliphatic carbocycles. The van der Waals surface area contributed by atoms with Crippen molar-refractivity contribution in [1.29, 1.82) is 0 Å². The number of aromatic hydroxyl groups is 1. The van der Waals surface area contributed by atoms with Gasteiger partial charge in [0.1, 0.15) is 0 Å². The number of nitro groups is 1. The Kier molecular flexibility index (Phi) is 5.17. The van der Waals surface area contributed by atoms with Crippen LogP contribution in [0.3, 0.4) is 0 Å². The molecule has 21 heavy (non-hydrogen) atoms. The summed E-state index contributed by atoms with van der Waals surface area (Å²) in [6.07, 6.45) is 4.69. The molecular formula is C16H24N2O3. The van der Waals surface area contributed by atoms with E-state index in [1.165, 1.54) is 6.07 Å². The van der Waals surface area contributed by atoms with Crippen molar-refractivity contribution >= 4 is 5.69 Å². The predicted molar refractivity (Wildman–Crippen MR) is 82.7 cm³/mol. The van der Waals surface area contributed by atoms with Crippen molar-refractivity contribution in [1.82, 2.24) is 4.90 Å². The molecule has 1 aromatic rings. The Morgan fingerprint density at radius 1 is 1.33 bits per heavy atom. The highest BCUT2D eigenvalue weighted by atomic mass is 16.6. The van der Waals surface area contributed by atoms with E-state index in [-0.39, 0.29) is 11.4 Å². The molecule has 1 atom stereocenters. The summed E-state index contributed by atoms with van der Waals surface area (Å²) in [5, 5.41) is 20.9. The van der Waals surface area contributed by atoms with Crippen LogP contribution >= 0.6 is 0 Å². The van der Waals surface area contributed by atoms with Crippen LogP contribution in [0, 0.1) is 10.1 Å². The van der Waals surface area contributed by atoms with E-state index in [1.807, 2.05) is 6.07 Å². The second-order valence-electron chi connectivity index (χ2n) is 5.76. The van der Waals surface area contributed by atoms with E-state index in [1.54, 1.807) is 0 Å². The van der Waals surface area contributed by atoms with E-state index in [9.17, 15) is 15.2 Å². The van der Waals surface area contributed by atoms with Crippen molar-refractivity contribution < 1.29 is 10.0 Å². The van der Waals surface area contributed by atoms with Gasteiger partial charge in [-0.25, -0.2) is 0 Å². The fourth-order valence-corrected chi connectivity index (χ4v) is 3.37. The fraction of sp³-hybridized carbons (Fsp3) is 0.625. The first kappa shape index (κ1) is 15.8. The summed E-state index contributed by atoms with van der Waals surface area (Å²) in [4.78, 5) is 13.2. The first-order valence-electron chi connectivity index (χ1n) is 7.80. The molecule has 1 aromatic carbocycles. The summed E-state index contributed by atoms with van der Waals surface area (Å²) in [5.41, 5.74) is 1.65. The zero-order valence-corrected chi connectivity index (χ0v) is 12.8. The number of hydrogen-bond donors (Lipinski definition) is 1. The van der Waals surface area contributed by atoms with Crippen molar-refractivity contribution in [2.24, 2.45) is 0 Å². The van der Waals surface area contributed by atoms with Gasteiger partial charge in [-0.05, 0) is 56.8 Å². The molecule has 0 saturated heterocycles. The highest BCUT2D eigenvalue weighted by Crippen LogP contribution is 2.37. The van der Waals surface area contributed by atoms with Crippen molar-refractivity contribution in [3.05, 3.63) is 33.4 Å². The average molecular weight is 292 g/mol. The number of fused-ring (bicyclic) bond motifs is 1. The Hall–Kier alpha value is -1.62. The maximum atomic E-state index is 11.1. The summed E-state index contributed by atoms with van der Waals surface area (Å²) in [5.74, 6) is -0.212. The first-order chi connectivity index (χ1) is 10.1. The van der Waals surface area contributed by atoms with Gasteiger partial charge in [0.2, 0.25) is 0 Å². The normalized spacial score (nSPS) is 17.8. The summed E-state index contributed by atoms with van der Waals surface area (Å²) in [7, 11) is 0. The Labute approximate surface area is 125 Å². The minimum absolute atomic E-state index is 0.0940. The SMILES string of the molecule is CCCN(CCC)C1CCc2c(ccc(O)c2[N+](=O)[O-])C1. The number of phenols is 1. The smallest absolute Gasteiger partial charge is 0.314 e. The lowest BCUT2D eigenvalue weighted by Crippen LogP contribution is -2.40. The van der Waals surface area contributed by atoms with Gasteiger partial charge in [-0.15, -0.1) is 0 Å². The van der Waals surface area contributed by atoms with Gasteiger partial charge in [0.15, 0.2) is 5.75 Å². The largest absolute Gasteiger partial charge is 0.502 e. The van der Waals surface area contributed by atoms with Crippen LogP contribution in [-0.4, -0.2) is 34.1 Å². The number of benzene rings is 1. The van der Waals surface area contributed by atoms with Crippen molar-refractivity contribution in [2.75, 3.05) is 13.1 Å². The Balaban J connectivity index is 2.24. The zero-order chi connectivity index (χ0) is 15.4. The van der Waals surface area contributed by atoms with Gasteiger partial charge < -0.3 is 10.0 Å². The Morgan fingerprint density at radius 3 is 2.57 bits per heavy atom. The van der Waals surface area contributed by atoms with Crippen LogP contribution in [0.1, 0.15) is 44.2 Å². The fourth-order valence-electron chi connectivity index (χ4n) is 3.37. The van der Waals surface area contributed by atoms with Crippen LogP contribution in [0.2, 0.25) is 0 Å². The summed E-state index contributed by atoms with van der Waals surface area (Å²) in [6, 6.07) is 3.77. The van der Waals surface area contributed by atoms with Gasteiger partial charge in [-0.1, -0.05) is 19.9 Å². The number of phenolic OH excluding ortho intramolecular Hbond substituents is 1. The summed E-state index contributed by atoms with van der Waals surface area (Å²) >= 11 is 0. The minimum Gasteiger partial charge on any atom is -0.502 e. The monoisotopic (exact) mass is 292 g/mol. The van der Waals surface area contributed by atoms with E-state index in [4.69, 9.17) is 0 Å². The molecule has 1 N–H and O–H groups in total.